The van der Waals surface area contributed by atoms with E-state index >= 15 is 0 Å². The molecule has 0 aliphatic carbocycles. The number of carbonyl (C=O) groups is 1. The van der Waals surface area contributed by atoms with Gasteiger partial charge in [-0.1, -0.05) is 46.9 Å². The summed E-state index contributed by atoms with van der Waals surface area (Å²) in [6, 6.07) is 9.63. The molecule has 0 saturated carbocycles. The Morgan fingerprint density at radius 2 is 2.08 bits per heavy atom. The zero-order valence-electron chi connectivity index (χ0n) is 13.0. The Kier molecular flexibility index (Phi) is 5.41. The molecule has 0 fully saturated rings. The van der Waals surface area contributed by atoms with Gasteiger partial charge in [-0.15, -0.1) is 15.3 Å². The molecule has 0 radical (unpaired) electrons. The lowest BCUT2D eigenvalue weighted by molar-refractivity contribution is 0.0945. The lowest BCUT2D eigenvalue weighted by atomic mass is 10.2. The number of hydrogen-bond donors (Lipinski definition) is 2. The second-order valence-corrected chi connectivity index (χ2v) is 6.22. The normalized spacial score (nSPS) is 12.1. The number of benzene rings is 1. The Hall–Kier alpha value is -2.72. The highest BCUT2D eigenvalue weighted by atomic mass is 32.1. The van der Waals surface area contributed by atoms with Crippen molar-refractivity contribution < 1.29 is 14.3 Å². The summed E-state index contributed by atoms with van der Waals surface area (Å²) in [5.41, 5.74) is 1.03. The highest BCUT2D eigenvalue weighted by Gasteiger charge is 2.14. The van der Waals surface area contributed by atoms with Crippen molar-refractivity contribution in [2.45, 2.75) is 19.3 Å². The van der Waals surface area contributed by atoms with E-state index < -0.39 is 18.7 Å². The highest BCUT2D eigenvalue weighted by molar-refractivity contribution is 7.14. The van der Waals surface area contributed by atoms with E-state index in [1.807, 2.05) is 30.3 Å². The van der Waals surface area contributed by atoms with Crippen LogP contribution < -0.4 is 5.32 Å². The number of aliphatic hydroxyl groups is 1. The molecule has 2 N–H and O–H groups in total. The standard InChI is InChI=1S/C15H15FN6O2S/c16-11(9-23)7-22-8-12(18-21-22)14(24)17-6-13-19-20-15(25-13)10-4-2-1-3-5-10/h1-5,8,11,23H,6-7,9H2,(H,17,24)/t11-/m1/s1. The summed E-state index contributed by atoms with van der Waals surface area (Å²) in [4.78, 5) is 12.0. The monoisotopic (exact) mass is 362 g/mol. The van der Waals surface area contributed by atoms with Crippen LogP contribution in [0, 0.1) is 0 Å². The molecule has 0 bridgehead atoms. The molecule has 3 rings (SSSR count). The van der Waals surface area contributed by atoms with Gasteiger partial charge in [0.25, 0.3) is 5.91 Å². The Balaban J connectivity index is 1.57. The molecule has 1 aromatic carbocycles. The first-order valence-electron chi connectivity index (χ1n) is 7.47. The van der Waals surface area contributed by atoms with Crippen LogP contribution in [-0.4, -0.2) is 49.0 Å². The summed E-state index contributed by atoms with van der Waals surface area (Å²) >= 11 is 1.38. The van der Waals surface area contributed by atoms with E-state index in [-0.39, 0.29) is 18.8 Å². The van der Waals surface area contributed by atoms with Crippen LogP contribution in [-0.2, 0) is 13.1 Å². The first-order valence-corrected chi connectivity index (χ1v) is 8.28. The summed E-state index contributed by atoms with van der Waals surface area (Å²) in [5, 5.41) is 28.3. The minimum atomic E-state index is -1.45. The molecule has 3 aromatic rings. The van der Waals surface area contributed by atoms with Gasteiger partial charge >= 0.3 is 0 Å². The number of nitrogens with one attached hydrogen (secondary N) is 1. The Morgan fingerprint density at radius 3 is 2.84 bits per heavy atom. The molecule has 1 amide bonds. The van der Waals surface area contributed by atoms with E-state index in [4.69, 9.17) is 5.11 Å². The van der Waals surface area contributed by atoms with Gasteiger partial charge in [0, 0.05) is 5.56 Å². The Morgan fingerprint density at radius 1 is 1.28 bits per heavy atom. The van der Waals surface area contributed by atoms with Crippen LogP contribution in [0.4, 0.5) is 4.39 Å². The molecule has 10 heteroatoms. The van der Waals surface area contributed by atoms with Crippen LogP contribution in [0.25, 0.3) is 10.6 Å². The number of carbonyl (C=O) groups excluding carboxylic acids is 1. The van der Waals surface area contributed by atoms with Crippen molar-refractivity contribution in [3.8, 4) is 10.6 Å². The fourth-order valence-electron chi connectivity index (χ4n) is 2.02. The average molecular weight is 362 g/mol. The lowest BCUT2D eigenvalue weighted by Crippen LogP contribution is -2.23. The fraction of sp³-hybridized carbons (Fsp3) is 0.267. The molecule has 2 aromatic heterocycles. The van der Waals surface area contributed by atoms with Gasteiger partial charge in [0.1, 0.15) is 16.2 Å². The van der Waals surface area contributed by atoms with Gasteiger partial charge in [-0.3, -0.25) is 4.79 Å². The lowest BCUT2D eigenvalue weighted by Gasteiger charge is -2.02. The van der Waals surface area contributed by atoms with E-state index in [1.165, 1.54) is 22.2 Å². The first-order chi connectivity index (χ1) is 12.2. The van der Waals surface area contributed by atoms with Crippen molar-refractivity contribution in [1.82, 2.24) is 30.5 Å². The van der Waals surface area contributed by atoms with Crippen LogP contribution in [0.15, 0.2) is 36.5 Å². The molecule has 1 atom stereocenters. The predicted octanol–water partition coefficient (Wildman–Crippen LogP) is 1.06. The number of aromatic nitrogens is 5. The molecule has 0 saturated heterocycles. The van der Waals surface area contributed by atoms with E-state index in [0.717, 1.165) is 10.6 Å². The van der Waals surface area contributed by atoms with Crippen molar-refractivity contribution in [2.24, 2.45) is 0 Å². The van der Waals surface area contributed by atoms with Crippen molar-refractivity contribution in [3.05, 3.63) is 47.2 Å². The van der Waals surface area contributed by atoms with Gasteiger partial charge in [-0.2, -0.15) is 0 Å². The largest absolute Gasteiger partial charge is 0.393 e. The summed E-state index contributed by atoms with van der Waals surface area (Å²) in [7, 11) is 0. The number of hydrogen-bond acceptors (Lipinski definition) is 7. The topological polar surface area (TPSA) is 106 Å². The van der Waals surface area contributed by atoms with Crippen LogP contribution in [0.3, 0.4) is 0 Å². The number of rotatable bonds is 7. The third kappa shape index (κ3) is 4.43. The zero-order chi connectivity index (χ0) is 17.6. The Labute approximate surface area is 146 Å². The predicted molar refractivity (Wildman–Crippen MR) is 88.5 cm³/mol. The molecule has 0 spiro atoms. The summed E-state index contributed by atoms with van der Waals surface area (Å²) in [6.45, 7) is -0.561. The van der Waals surface area contributed by atoms with E-state index in [9.17, 15) is 9.18 Å². The van der Waals surface area contributed by atoms with Crippen molar-refractivity contribution in [3.63, 3.8) is 0 Å². The van der Waals surface area contributed by atoms with E-state index in [2.05, 4.69) is 25.8 Å². The van der Waals surface area contributed by atoms with Crippen molar-refractivity contribution in [2.75, 3.05) is 6.61 Å². The first kappa shape index (κ1) is 17.1. The van der Waals surface area contributed by atoms with E-state index in [0.29, 0.717) is 5.01 Å². The number of nitrogens with zero attached hydrogens (tertiary/aromatic N) is 5. The molecule has 8 nitrogen and oxygen atoms in total. The summed E-state index contributed by atoms with van der Waals surface area (Å²) in [5.74, 6) is -0.442. The molecule has 2 heterocycles. The number of halogens is 1. The van der Waals surface area contributed by atoms with Gasteiger partial charge in [0.2, 0.25) is 0 Å². The fourth-order valence-corrected chi connectivity index (χ4v) is 2.81. The highest BCUT2D eigenvalue weighted by Crippen LogP contribution is 2.22. The minimum absolute atomic E-state index is 0.0675. The quantitative estimate of drug-likeness (QED) is 0.651. The number of alkyl halides is 1. The summed E-state index contributed by atoms with van der Waals surface area (Å²) < 4.78 is 14.3. The second kappa shape index (κ2) is 7.90. The third-order valence-corrected chi connectivity index (χ3v) is 4.21. The van der Waals surface area contributed by atoms with Gasteiger partial charge < -0.3 is 10.4 Å². The Bertz CT molecular complexity index is 837. The minimum Gasteiger partial charge on any atom is -0.393 e. The molecule has 0 aliphatic rings. The van der Waals surface area contributed by atoms with Crippen LogP contribution in [0.5, 0.6) is 0 Å². The van der Waals surface area contributed by atoms with Crippen LogP contribution in [0.2, 0.25) is 0 Å². The van der Waals surface area contributed by atoms with Crippen molar-refractivity contribution >= 4 is 17.2 Å². The SMILES string of the molecule is O=C(NCc1nnc(-c2ccccc2)s1)c1cn(C[C@@H](F)CO)nn1. The molecule has 130 valence electrons. The molecule has 0 aliphatic heterocycles. The van der Waals surface area contributed by atoms with E-state index in [1.54, 1.807) is 0 Å². The molecule has 25 heavy (non-hydrogen) atoms. The third-order valence-electron chi connectivity index (χ3n) is 3.24. The van der Waals surface area contributed by atoms with Gasteiger partial charge in [0.15, 0.2) is 5.69 Å². The van der Waals surface area contributed by atoms with Crippen molar-refractivity contribution in [1.29, 1.82) is 0 Å². The maximum absolute atomic E-state index is 13.1. The number of aliphatic hydroxyl groups excluding tert-OH is 1. The van der Waals surface area contributed by atoms with Gasteiger partial charge in [0.05, 0.1) is 25.9 Å². The maximum atomic E-state index is 13.1. The second-order valence-electron chi connectivity index (χ2n) is 5.16. The number of amides is 1. The summed E-state index contributed by atoms with van der Waals surface area (Å²) in [6.07, 6.45) is -0.122. The average Bonchev–Trinajstić information content (AvgIpc) is 3.30. The molecular formula is C15H15FN6O2S. The molecular weight excluding hydrogens is 347 g/mol. The zero-order valence-corrected chi connectivity index (χ0v) is 13.9. The van der Waals surface area contributed by atoms with Crippen LogP contribution in [0.1, 0.15) is 15.5 Å². The van der Waals surface area contributed by atoms with Gasteiger partial charge in [-0.25, -0.2) is 9.07 Å². The maximum Gasteiger partial charge on any atom is 0.273 e. The molecule has 0 unspecified atom stereocenters. The van der Waals surface area contributed by atoms with Crippen LogP contribution >= 0.6 is 11.3 Å². The van der Waals surface area contributed by atoms with Gasteiger partial charge in [-0.05, 0) is 0 Å². The smallest absolute Gasteiger partial charge is 0.273 e.